The van der Waals surface area contributed by atoms with Crippen LogP contribution in [0.3, 0.4) is 0 Å². The summed E-state index contributed by atoms with van der Waals surface area (Å²) in [6, 6.07) is 16.9. The Balaban J connectivity index is 1.51. The van der Waals surface area contributed by atoms with E-state index in [0.29, 0.717) is 22.9 Å². The fourth-order valence-corrected chi connectivity index (χ4v) is 3.07. The molecule has 0 aliphatic rings. The Kier molecular flexibility index (Phi) is 5.93. The van der Waals surface area contributed by atoms with Crippen LogP contribution in [0.5, 0.6) is 0 Å². The molecule has 0 unspecified atom stereocenters. The number of aromatic nitrogens is 5. The molecule has 1 N–H and O–H groups in total. The van der Waals surface area contributed by atoms with Gasteiger partial charge in [0, 0.05) is 24.0 Å². The highest BCUT2D eigenvalue weighted by molar-refractivity contribution is 6.04. The minimum absolute atomic E-state index is 0.201. The number of anilines is 1. The lowest BCUT2D eigenvalue weighted by molar-refractivity contribution is 0.102. The maximum absolute atomic E-state index is 12.8. The van der Waals surface area contributed by atoms with Gasteiger partial charge in [0.2, 0.25) is 0 Å². The van der Waals surface area contributed by atoms with Crippen LogP contribution in [0.25, 0.3) is 23.7 Å². The number of carbonyl (C=O) groups is 1. The summed E-state index contributed by atoms with van der Waals surface area (Å²) >= 11 is 0. The van der Waals surface area contributed by atoms with Gasteiger partial charge in [-0.25, -0.2) is 4.98 Å². The van der Waals surface area contributed by atoms with Gasteiger partial charge in [0.1, 0.15) is 17.8 Å². The lowest BCUT2D eigenvalue weighted by atomic mass is 10.1. The van der Waals surface area contributed by atoms with Gasteiger partial charge in [-0.3, -0.25) is 9.78 Å². The van der Waals surface area contributed by atoms with Crippen molar-refractivity contribution in [2.75, 3.05) is 5.32 Å². The van der Waals surface area contributed by atoms with Crippen LogP contribution >= 0.6 is 0 Å². The van der Waals surface area contributed by atoms with E-state index in [-0.39, 0.29) is 11.9 Å². The summed E-state index contributed by atoms with van der Waals surface area (Å²) in [5.74, 6) is 0.886. The number of hydrogen-bond donors (Lipinski definition) is 1. The van der Waals surface area contributed by atoms with E-state index >= 15 is 0 Å². The van der Waals surface area contributed by atoms with Crippen molar-refractivity contribution in [3.05, 3.63) is 90.0 Å². The van der Waals surface area contributed by atoms with Crippen LogP contribution in [0.4, 0.5) is 5.82 Å². The van der Waals surface area contributed by atoms with Gasteiger partial charge in [0.15, 0.2) is 5.82 Å². The molecule has 0 bridgehead atoms. The van der Waals surface area contributed by atoms with Crippen molar-refractivity contribution in [1.29, 1.82) is 0 Å². The number of pyridine rings is 2. The first-order valence-electron chi connectivity index (χ1n) is 9.96. The quantitative estimate of drug-likeness (QED) is 0.496. The molecular weight excluding hydrogens is 388 g/mol. The van der Waals surface area contributed by atoms with E-state index in [4.69, 9.17) is 0 Å². The third-order valence-electron chi connectivity index (χ3n) is 4.65. The van der Waals surface area contributed by atoms with Crippen molar-refractivity contribution in [2.24, 2.45) is 0 Å². The van der Waals surface area contributed by atoms with Crippen LogP contribution in [0.2, 0.25) is 0 Å². The molecule has 0 fully saturated rings. The third kappa shape index (κ3) is 4.90. The molecule has 4 rings (SSSR count). The Morgan fingerprint density at radius 2 is 1.84 bits per heavy atom. The first-order valence-corrected chi connectivity index (χ1v) is 9.96. The molecular formula is C24H22N6O. The minimum atomic E-state index is -0.230. The Morgan fingerprint density at radius 1 is 1.03 bits per heavy atom. The van der Waals surface area contributed by atoms with Crippen molar-refractivity contribution in [2.45, 2.75) is 19.9 Å². The lowest BCUT2D eigenvalue weighted by Gasteiger charge is -2.10. The number of rotatable bonds is 6. The van der Waals surface area contributed by atoms with Crippen molar-refractivity contribution in [3.63, 3.8) is 0 Å². The average molecular weight is 410 g/mol. The monoisotopic (exact) mass is 410 g/mol. The Labute approximate surface area is 180 Å². The summed E-state index contributed by atoms with van der Waals surface area (Å²) in [4.78, 5) is 21.4. The van der Waals surface area contributed by atoms with Gasteiger partial charge >= 0.3 is 0 Å². The molecule has 0 aliphatic carbocycles. The number of hydrogen-bond acceptors (Lipinski definition) is 5. The van der Waals surface area contributed by atoms with E-state index in [1.807, 2.05) is 73.0 Å². The Hall–Kier alpha value is -4.13. The van der Waals surface area contributed by atoms with Gasteiger partial charge in [-0.2, -0.15) is 0 Å². The molecule has 0 atom stereocenters. The summed E-state index contributed by atoms with van der Waals surface area (Å²) in [7, 11) is 0. The molecule has 3 aromatic heterocycles. The number of nitrogens with one attached hydrogen (secondary N) is 1. The maximum Gasteiger partial charge on any atom is 0.256 e. The second-order valence-electron chi connectivity index (χ2n) is 7.26. The van der Waals surface area contributed by atoms with Crippen molar-refractivity contribution in [3.8, 4) is 11.5 Å². The second kappa shape index (κ2) is 9.13. The predicted octanol–water partition coefficient (Wildman–Crippen LogP) is 4.74. The van der Waals surface area contributed by atoms with Crippen molar-refractivity contribution < 1.29 is 4.79 Å². The van der Waals surface area contributed by atoms with E-state index in [9.17, 15) is 4.79 Å². The summed E-state index contributed by atoms with van der Waals surface area (Å²) in [6.07, 6.45) is 9.10. The maximum atomic E-state index is 12.8. The number of nitrogens with zero attached hydrogens (tertiary/aromatic N) is 5. The van der Waals surface area contributed by atoms with Crippen LogP contribution in [0, 0.1) is 0 Å². The molecule has 31 heavy (non-hydrogen) atoms. The highest BCUT2D eigenvalue weighted by Crippen LogP contribution is 2.20. The standard InChI is InChI=1S/C24H22N6O/c1-17(2)30-16-26-29-23(30)21-9-4-10-22(27-21)28-24(31)20-8-3-6-18(14-20)11-12-19-7-5-13-25-15-19/h3-17H,1-2H3,(H,27,28,31)/b12-11+. The topological polar surface area (TPSA) is 85.6 Å². The zero-order valence-electron chi connectivity index (χ0n) is 17.3. The summed E-state index contributed by atoms with van der Waals surface area (Å²) in [5.41, 5.74) is 3.11. The normalized spacial score (nSPS) is 11.2. The van der Waals surface area contributed by atoms with Gasteiger partial charge in [-0.15, -0.1) is 10.2 Å². The van der Waals surface area contributed by atoms with Crippen molar-refractivity contribution in [1.82, 2.24) is 24.7 Å². The molecule has 1 aromatic carbocycles. The number of benzene rings is 1. The molecule has 0 saturated carbocycles. The second-order valence-corrected chi connectivity index (χ2v) is 7.26. The molecule has 0 aliphatic heterocycles. The van der Waals surface area contributed by atoms with Gasteiger partial charge < -0.3 is 9.88 Å². The van der Waals surface area contributed by atoms with Gasteiger partial charge in [-0.05, 0) is 55.3 Å². The third-order valence-corrected chi connectivity index (χ3v) is 4.65. The van der Waals surface area contributed by atoms with Gasteiger partial charge in [0.05, 0.1) is 0 Å². The SMILES string of the molecule is CC(C)n1cnnc1-c1cccc(NC(=O)c2cccc(/C=C/c3cccnc3)c2)n1. The van der Waals surface area contributed by atoms with E-state index < -0.39 is 0 Å². The molecule has 0 spiro atoms. The fraction of sp³-hybridized carbons (Fsp3) is 0.125. The number of amides is 1. The largest absolute Gasteiger partial charge is 0.310 e. The molecule has 7 nitrogen and oxygen atoms in total. The van der Waals surface area contributed by atoms with Crippen molar-refractivity contribution >= 4 is 23.9 Å². The van der Waals surface area contributed by atoms with Crippen LogP contribution in [-0.4, -0.2) is 30.6 Å². The van der Waals surface area contributed by atoms with Crippen LogP contribution in [0.15, 0.2) is 73.3 Å². The lowest BCUT2D eigenvalue weighted by Crippen LogP contribution is -2.13. The molecule has 4 aromatic rings. The fourth-order valence-electron chi connectivity index (χ4n) is 3.07. The van der Waals surface area contributed by atoms with Gasteiger partial charge in [0.25, 0.3) is 5.91 Å². The molecule has 3 heterocycles. The van der Waals surface area contributed by atoms with Crippen LogP contribution < -0.4 is 5.32 Å². The molecule has 7 heteroatoms. The van der Waals surface area contributed by atoms with Gasteiger partial charge in [-0.1, -0.05) is 36.4 Å². The highest BCUT2D eigenvalue weighted by atomic mass is 16.1. The Morgan fingerprint density at radius 3 is 2.65 bits per heavy atom. The summed E-state index contributed by atoms with van der Waals surface area (Å²) in [5, 5.41) is 11.0. The van der Waals surface area contributed by atoms with E-state index in [0.717, 1.165) is 11.1 Å². The molecule has 154 valence electrons. The first-order chi connectivity index (χ1) is 15.1. The molecule has 0 radical (unpaired) electrons. The summed E-state index contributed by atoms with van der Waals surface area (Å²) in [6.45, 7) is 4.10. The smallest absolute Gasteiger partial charge is 0.256 e. The Bertz CT molecular complexity index is 1210. The summed E-state index contributed by atoms with van der Waals surface area (Å²) < 4.78 is 1.94. The molecule has 0 saturated heterocycles. The first kappa shape index (κ1) is 20.2. The van der Waals surface area contributed by atoms with Crippen LogP contribution in [-0.2, 0) is 0 Å². The van der Waals surface area contributed by atoms with E-state index in [1.54, 1.807) is 30.9 Å². The highest BCUT2D eigenvalue weighted by Gasteiger charge is 2.13. The van der Waals surface area contributed by atoms with E-state index in [1.165, 1.54) is 0 Å². The average Bonchev–Trinajstić information content (AvgIpc) is 3.29. The number of carbonyl (C=O) groups excluding carboxylic acids is 1. The zero-order chi connectivity index (χ0) is 21.6. The van der Waals surface area contributed by atoms with Crippen LogP contribution in [0.1, 0.15) is 41.4 Å². The van der Waals surface area contributed by atoms with E-state index in [2.05, 4.69) is 25.5 Å². The zero-order valence-corrected chi connectivity index (χ0v) is 17.3. The minimum Gasteiger partial charge on any atom is -0.310 e. The predicted molar refractivity (Wildman–Crippen MR) is 121 cm³/mol. The molecule has 1 amide bonds.